The maximum Gasteiger partial charge on any atom is 0.124 e. The maximum absolute atomic E-state index is 12.4. The molecule has 0 bridgehead atoms. The predicted octanol–water partition coefficient (Wildman–Crippen LogP) is 4.70. The van der Waals surface area contributed by atoms with Crippen molar-refractivity contribution in [3.63, 3.8) is 0 Å². The van der Waals surface area contributed by atoms with Crippen LogP contribution in [0.3, 0.4) is 0 Å². The average molecular weight is 538 g/mol. The van der Waals surface area contributed by atoms with Crippen molar-refractivity contribution in [2.75, 3.05) is 6.54 Å². The number of aliphatic hydroxyl groups is 1. The van der Waals surface area contributed by atoms with Gasteiger partial charge in [0.1, 0.15) is 16.7 Å². The molecule has 29 heavy (non-hydrogen) atoms. The molecule has 3 aromatic carbocycles. The highest BCUT2D eigenvalue weighted by Gasteiger charge is 2.15. The zero-order valence-corrected chi connectivity index (χ0v) is 19.2. The molecule has 2 unspecified atom stereocenters. The summed E-state index contributed by atoms with van der Waals surface area (Å²) >= 11 is 7.07. The number of benzene rings is 3. The van der Waals surface area contributed by atoms with E-state index in [2.05, 4.69) is 53.3 Å². The molecule has 3 N–H and O–H groups in total. The van der Waals surface area contributed by atoms with E-state index in [-0.39, 0.29) is 12.3 Å². The van der Waals surface area contributed by atoms with Crippen molar-refractivity contribution in [1.82, 2.24) is 9.29 Å². The summed E-state index contributed by atoms with van der Waals surface area (Å²) in [6, 6.07) is 18.3. The monoisotopic (exact) mass is 536 g/mol. The number of phenolic OH excluding ortho intramolecular Hbond substituents is 1. The molecule has 4 rings (SSSR count). The van der Waals surface area contributed by atoms with Gasteiger partial charge in [0.2, 0.25) is 0 Å². The lowest BCUT2D eigenvalue weighted by Gasteiger charge is -2.15. The molecule has 0 saturated heterocycles. The Labute approximate surface area is 187 Å². The molecule has 2 atom stereocenters. The van der Waals surface area contributed by atoms with E-state index < -0.39 is 17.1 Å². The number of nitrogens with zero attached hydrogens (tertiary/aromatic N) is 1. The van der Waals surface area contributed by atoms with Gasteiger partial charge < -0.3 is 14.8 Å². The van der Waals surface area contributed by atoms with Crippen molar-refractivity contribution in [3.05, 3.63) is 69.6 Å². The number of phenols is 1. The topological polar surface area (TPSA) is 74.5 Å². The first-order chi connectivity index (χ1) is 13.9. The van der Waals surface area contributed by atoms with Crippen molar-refractivity contribution in [3.8, 4) is 5.75 Å². The number of aromatic hydroxyl groups is 1. The van der Waals surface area contributed by atoms with Gasteiger partial charge in [-0.1, -0.05) is 31.9 Å². The first-order valence-corrected chi connectivity index (χ1v) is 11.7. The number of fused-ring (bicyclic) bond motifs is 3. The molecule has 0 radical (unpaired) electrons. The first kappa shape index (κ1) is 20.6. The largest absolute Gasteiger partial charge is 0.508 e. The van der Waals surface area contributed by atoms with Crippen LogP contribution in [-0.2, 0) is 17.5 Å². The predicted molar refractivity (Wildman–Crippen MR) is 123 cm³/mol. The van der Waals surface area contributed by atoms with Crippen molar-refractivity contribution in [2.24, 2.45) is 0 Å². The third-order valence-corrected chi connectivity index (χ3v) is 6.80. The van der Waals surface area contributed by atoms with Gasteiger partial charge in [0.15, 0.2) is 0 Å². The Hall–Kier alpha value is -1.71. The number of hydrogen-bond acceptors (Lipinski definition) is 3. The van der Waals surface area contributed by atoms with Gasteiger partial charge in [-0.15, -0.1) is 0 Å². The lowest BCUT2D eigenvalue weighted by atomic mass is 10.2. The lowest BCUT2D eigenvalue weighted by molar-refractivity contribution is 0.161. The highest BCUT2D eigenvalue weighted by atomic mass is 79.9. The Morgan fingerprint density at radius 3 is 2.03 bits per heavy atom. The van der Waals surface area contributed by atoms with Gasteiger partial charge in [-0.25, -0.2) is 8.93 Å². The van der Waals surface area contributed by atoms with Crippen LogP contribution in [0.5, 0.6) is 5.75 Å². The molecule has 1 heterocycles. The molecule has 0 amide bonds. The summed E-state index contributed by atoms with van der Waals surface area (Å²) in [4.78, 5) is 0.543. The zero-order valence-electron chi connectivity index (χ0n) is 15.2. The van der Waals surface area contributed by atoms with Crippen LogP contribution in [0.1, 0.15) is 0 Å². The first-order valence-electron chi connectivity index (χ1n) is 8.92. The number of aliphatic hydroxyl groups excluding tert-OH is 1. The number of hydrogen-bond donors (Lipinski definition) is 3. The summed E-state index contributed by atoms with van der Waals surface area (Å²) in [6.07, 6.45) is -0.734. The van der Waals surface area contributed by atoms with Crippen molar-refractivity contribution >= 4 is 64.7 Å². The second kappa shape index (κ2) is 8.57. The van der Waals surface area contributed by atoms with Gasteiger partial charge in [0.05, 0.1) is 17.5 Å². The minimum atomic E-state index is -1.46. The highest BCUT2D eigenvalue weighted by Crippen LogP contribution is 2.33. The van der Waals surface area contributed by atoms with Crippen molar-refractivity contribution < 1.29 is 14.4 Å². The van der Waals surface area contributed by atoms with Crippen LogP contribution in [0.15, 0.2) is 74.5 Å². The highest BCUT2D eigenvalue weighted by molar-refractivity contribution is 9.10. The lowest BCUT2D eigenvalue weighted by Crippen LogP contribution is -2.31. The van der Waals surface area contributed by atoms with Gasteiger partial charge >= 0.3 is 0 Å². The Morgan fingerprint density at radius 2 is 1.48 bits per heavy atom. The number of nitrogens with one attached hydrogen (secondary N) is 1. The molecule has 0 saturated carbocycles. The van der Waals surface area contributed by atoms with E-state index in [9.17, 15) is 14.4 Å². The minimum Gasteiger partial charge on any atom is -0.508 e. The number of rotatable bonds is 6. The average Bonchev–Trinajstić information content (AvgIpc) is 2.99. The number of halogens is 2. The van der Waals surface area contributed by atoms with Gasteiger partial charge in [-0.3, -0.25) is 0 Å². The normalized spacial score (nSPS) is 13.8. The van der Waals surface area contributed by atoms with E-state index in [0.717, 1.165) is 30.8 Å². The summed E-state index contributed by atoms with van der Waals surface area (Å²) in [6.45, 7) is 0.532. The fraction of sp³-hybridized carbons (Fsp3) is 0.143. The fourth-order valence-corrected chi connectivity index (χ4v) is 4.96. The molecule has 5 nitrogen and oxygen atoms in total. The van der Waals surface area contributed by atoms with Gasteiger partial charge in [0, 0.05) is 37.3 Å². The summed E-state index contributed by atoms with van der Waals surface area (Å²) in [5.41, 5.74) is 2.06. The van der Waals surface area contributed by atoms with Gasteiger partial charge in [-0.2, -0.15) is 0 Å². The van der Waals surface area contributed by atoms with E-state index in [1.165, 1.54) is 12.1 Å². The smallest absolute Gasteiger partial charge is 0.124 e. The zero-order chi connectivity index (χ0) is 20.5. The second-order valence-electron chi connectivity index (χ2n) is 6.70. The fourth-order valence-electron chi connectivity index (χ4n) is 3.35. The molecule has 4 aromatic rings. The Kier molecular flexibility index (Phi) is 6.08. The molecule has 0 fully saturated rings. The van der Waals surface area contributed by atoms with Gasteiger partial charge in [0.25, 0.3) is 0 Å². The number of aromatic nitrogens is 1. The molecular weight excluding hydrogens is 520 g/mol. The van der Waals surface area contributed by atoms with E-state index in [1.807, 2.05) is 24.3 Å². The maximum atomic E-state index is 12.4. The Morgan fingerprint density at radius 1 is 0.931 bits per heavy atom. The molecule has 0 aliphatic rings. The summed E-state index contributed by atoms with van der Waals surface area (Å²) in [7, 11) is -1.46. The van der Waals surface area contributed by atoms with Crippen LogP contribution in [0.4, 0.5) is 0 Å². The van der Waals surface area contributed by atoms with Crippen LogP contribution in [0.2, 0.25) is 0 Å². The van der Waals surface area contributed by atoms with Crippen LogP contribution >= 0.6 is 31.9 Å². The molecule has 8 heteroatoms. The van der Waals surface area contributed by atoms with E-state index in [1.54, 1.807) is 12.1 Å². The van der Waals surface area contributed by atoms with Crippen LogP contribution in [0.25, 0.3) is 21.8 Å². The van der Waals surface area contributed by atoms with E-state index >= 15 is 0 Å². The molecular formula is C21H18Br2N2O3S. The van der Waals surface area contributed by atoms with Crippen LogP contribution < -0.4 is 4.72 Å². The SMILES string of the molecule is O=S(NCC(O)Cn1c2ccc(Br)cc2c2cc(Br)ccc21)c1ccc(O)cc1. The van der Waals surface area contributed by atoms with Crippen LogP contribution in [-0.4, -0.2) is 31.6 Å². The molecule has 1 aromatic heterocycles. The van der Waals surface area contributed by atoms with Crippen molar-refractivity contribution in [2.45, 2.75) is 17.5 Å². The van der Waals surface area contributed by atoms with Crippen LogP contribution in [0, 0.1) is 0 Å². The molecule has 0 aliphatic heterocycles. The summed E-state index contributed by atoms with van der Waals surface area (Å²) in [5, 5.41) is 22.2. The standard InChI is InChI=1S/C21H18Br2N2O3S/c22-13-1-7-20-18(9-13)19-10-14(23)2-8-21(19)25(20)12-16(27)11-24-29(28)17-5-3-15(26)4-6-17/h1-10,16,24,26-27H,11-12H2. The summed E-state index contributed by atoms with van der Waals surface area (Å²) in [5.74, 6) is 0.121. The third-order valence-electron chi connectivity index (χ3n) is 4.68. The minimum absolute atomic E-state index is 0.121. The molecule has 0 aliphatic carbocycles. The second-order valence-corrected chi connectivity index (χ2v) is 9.83. The molecule has 0 spiro atoms. The third kappa shape index (κ3) is 4.41. The Balaban J connectivity index is 1.56. The van der Waals surface area contributed by atoms with Crippen molar-refractivity contribution in [1.29, 1.82) is 0 Å². The quantitative estimate of drug-likeness (QED) is 0.334. The van der Waals surface area contributed by atoms with E-state index in [0.29, 0.717) is 11.4 Å². The van der Waals surface area contributed by atoms with Gasteiger partial charge in [-0.05, 0) is 60.7 Å². The molecule has 150 valence electrons. The Bertz CT molecular complexity index is 1150. The van der Waals surface area contributed by atoms with E-state index in [4.69, 9.17) is 0 Å². The summed E-state index contributed by atoms with van der Waals surface area (Å²) < 4.78 is 19.3.